The summed E-state index contributed by atoms with van der Waals surface area (Å²) in [6.45, 7) is 18.5. The molecule has 3 amide bonds. The van der Waals surface area contributed by atoms with Gasteiger partial charge in [-0.05, 0) is 115 Å². The van der Waals surface area contributed by atoms with E-state index in [1.165, 1.54) is 12.7 Å². The number of hydrogen-bond acceptors (Lipinski definition) is 15. The minimum atomic E-state index is -3.10. The second-order valence-electron chi connectivity index (χ2n) is 18.4. The number of benzene rings is 2. The van der Waals surface area contributed by atoms with Crippen LogP contribution in [-0.2, 0) is 44.4 Å². The van der Waals surface area contributed by atoms with Crippen LogP contribution in [0.4, 0.5) is 27.7 Å². The lowest BCUT2D eigenvalue weighted by Gasteiger charge is -2.31. The summed E-state index contributed by atoms with van der Waals surface area (Å²) >= 11 is 17.5. The van der Waals surface area contributed by atoms with Crippen LogP contribution in [0.5, 0.6) is 5.75 Å². The predicted molar refractivity (Wildman–Crippen MR) is 289 cm³/mol. The molecule has 3 unspecified atom stereocenters. The molecule has 1 aromatic heterocycles. The number of para-hydroxylation sites is 1. The van der Waals surface area contributed by atoms with Gasteiger partial charge in [-0.2, -0.15) is 15.0 Å². The second-order valence-corrected chi connectivity index (χ2v) is 21.9. The van der Waals surface area contributed by atoms with E-state index in [1.807, 2.05) is 60.6 Å². The van der Waals surface area contributed by atoms with Crippen LogP contribution < -0.4 is 30.9 Å². The number of methoxy groups -OCH3 is 1. The molecule has 0 radical (unpaired) electrons. The highest BCUT2D eigenvalue weighted by molar-refractivity contribution is 7.57. The summed E-state index contributed by atoms with van der Waals surface area (Å²) in [5, 5.41) is 14.5. The van der Waals surface area contributed by atoms with Crippen LogP contribution in [0, 0.1) is 12.7 Å². The number of carbonyl (C=O) groups excluding carboxylic acids is 4. The van der Waals surface area contributed by atoms with E-state index in [4.69, 9.17) is 64.7 Å². The summed E-state index contributed by atoms with van der Waals surface area (Å²) in [6, 6.07) is 7.16. The molecule has 19 nitrogen and oxygen atoms in total. The highest BCUT2D eigenvalue weighted by Gasteiger charge is 2.41. The molecule has 412 valence electrons. The number of carboxylic acids is 1. The number of carbonyl (C=O) groups is 5. The Morgan fingerprint density at radius 1 is 1.01 bits per heavy atom. The number of halogens is 4. The zero-order valence-electron chi connectivity index (χ0n) is 44.0. The lowest BCUT2D eigenvalue weighted by atomic mass is 9.93. The third-order valence-corrected chi connectivity index (χ3v) is 12.5. The number of rotatable bonds is 21. The van der Waals surface area contributed by atoms with Crippen molar-refractivity contribution in [2.24, 2.45) is 5.73 Å². The van der Waals surface area contributed by atoms with E-state index in [2.05, 4.69) is 38.6 Å². The van der Waals surface area contributed by atoms with Gasteiger partial charge in [-0.25, -0.2) is 14.1 Å². The average molecular weight is 1120 g/mol. The molecular formula is C50H73Cl3FN8O11P. The van der Waals surface area contributed by atoms with Gasteiger partial charge in [0.1, 0.15) is 23.5 Å². The molecule has 0 bridgehead atoms. The Bertz CT molecular complexity index is 2430. The molecule has 0 spiro atoms. The number of nitrogens with zero attached hydrogens (tertiary/aromatic N) is 5. The summed E-state index contributed by atoms with van der Waals surface area (Å²) in [6.07, 6.45) is 6.28. The molecule has 2 heterocycles. The summed E-state index contributed by atoms with van der Waals surface area (Å²) in [4.78, 5) is 82.9. The van der Waals surface area contributed by atoms with Gasteiger partial charge in [0.2, 0.25) is 23.1 Å². The number of aliphatic carboxylic acids is 1. The van der Waals surface area contributed by atoms with Gasteiger partial charge in [-0.15, -0.1) is 11.6 Å². The summed E-state index contributed by atoms with van der Waals surface area (Å²) in [5.41, 5.74) is 8.87. The number of unbranched alkanes of at least 4 members (excludes halogenated alkanes) is 2. The van der Waals surface area contributed by atoms with Crippen LogP contribution in [0.25, 0.3) is 0 Å². The van der Waals surface area contributed by atoms with Crippen molar-refractivity contribution in [1.29, 1.82) is 0 Å². The van der Waals surface area contributed by atoms with Gasteiger partial charge in [0.25, 0.3) is 11.8 Å². The Morgan fingerprint density at radius 3 is 2.16 bits per heavy atom. The Labute approximate surface area is 448 Å². The van der Waals surface area contributed by atoms with Gasteiger partial charge >= 0.3 is 11.9 Å². The number of hydrogen-bond donors (Lipinski definition) is 5. The standard InChI is InChI=1S/C21H23ClFNO5.C15H22ClNO2.C9H16ClN5.C5H12NO4P/c1-2-3-6-9-28-19(25)12-29-18-11-17(16(23)10-15(18)22)24-20(26)13-7-4-5-8-14(13)21(24)27;1-5-13-8-6-7-11(2)15(13)17(14(18)9-16)12(3)10-19-4;1-5-11-7-12-6(10)13-8(14-7)15-9(2,3)4;1-11(9,10)3-2-4(6)5(7)8/h10-11H,2-9,12H2,1H3;6-8,12H,5,9-10H2,1-4H3;5H2,1-4H3,(H2,11,12,13,14,15);4H,2-3,6H2,1H3,(H,7,8)(H,9,10). The normalized spacial score (nSPS) is 14.6. The highest BCUT2D eigenvalue weighted by atomic mass is 35.5. The molecule has 2 aromatic carbocycles. The number of anilines is 4. The zero-order chi connectivity index (χ0) is 55.9. The molecule has 1 aliphatic carbocycles. The van der Waals surface area contributed by atoms with Gasteiger partial charge in [0.05, 0.1) is 35.7 Å². The van der Waals surface area contributed by atoms with Crippen LogP contribution in [0.15, 0.2) is 41.5 Å². The quantitative estimate of drug-likeness (QED) is 0.0219. The largest absolute Gasteiger partial charge is 0.480 e. The van der Waals surface area contributed by atoms with Gasteiger partial charge < -0.3 is 45.5 Å². The first-order valence-corrected chi connectivity index (χ1v) is 27.9. The fourth-order valence-electron chi connectivity index (χ4n) is 7.28. The van der Waals surface area contributed by atoms with Crippen LogP contribution >= 0.6 is 42.2 Å². The Morgan fingerprint density at radius 2 is 1.64 bits per heavy atom. The SMILES string of the molecule is CCCCCOC(=O)COc1cc(N2C(=O)C3=C(CCCC3)C2=O)c(F)cc1Cl.CCNc1nc(Cl)nc(NC(C)(C)C)n1.CCc1cccc(C)c1N(C(=O)CCl)C(C)COC.CP(=O)(O)CCC(N)C(=O)O. The second kappa shape index (κ2) is 31.8. The van der Waals surface area contributed by atoms with Crippen molar-refractivity contribution in [3.8, 4) is 5.75 Å². The molecule has 5 rings (SSSR count). The van der Waals surface area contributed by atoms with E-state index in [0.717, 1.165) is 72.9 Å². The number of ether oxygens (including phenoxy) is 3. The molecule has 1 aliphatic heterocycles. The molecular weight excluding hydrogens is 1040 g/mol. The first-order chi connectivity index (χ1) is 34.7. The van der Waals surface area contributed by atoms with Crippen molar-refractivity contribution in [2.45, 2.75) is 131 Å². The third-order valence-electron chi connectivity index (χ3n) is 10.8. The number of imide groups is 1. The summed E-state index contributed by atoms with van der Waals surface area (Å²) in [5.74, 6) is -2.68. The van der Waals surface area contributed by atoms with Crippen molar-refractivity contribution in [2.75, 3.05) is 72.6 Å². The summed E-state index contributed by atoms with van der Waals surface area (Å²) < 4.78 is 40.8. The molecule has 6 N–H and O–H groups in total. The maximum atomic E-state index is 14.5. The average Bonchev–Trinajstić information content (AvgIpc) is 3.57. The topological polar surface area (TPSA) is 266 Å². The number of nitrogens with one attached hydrogen (secondary N) is 2. The fraction of sp³-hybridized carbons (Fsp3) is 0.560. The smallest absolute Gasteiger partial charge is 0.344 e. The number of esters is 1. The van der Waals surface area contributed by atoms with Gasteiger partial charge in [-0.1, -0.05) is 56.5 Å². The number of aryl methyl sites for hydroxylation is 2. The maximum absolute atomic E-state index is 14.5. The Kier molecular flexibility index (Phi) is 28.0. The highest BCUT2D eigenvalue weighted by Crippen LogP contribution is 2.40. The number of carboxylic acid groups (broad SMARTS) is 1. The molecule has 0 saturated heterocycles. The number of alkyl halides is 1. The van der Waals surface area contributed by atoms with Crippen molar-refractivity contribution in [3.63, 3.8) is 0 Å². The first-order valence-electron chi connectivity index (χ1n) is 24.3. The fourth-order valence-corrected chi connectivity index (χ4v) is 8.53. The lowest BCUT2D eigenvalue weighted by molar-refractivity contribution is -0.146. The molecule has 3 aromatic rings. The van der Waals surface area contributed by atoms with Gasteiger partial charge in [0, 0.05) is 49.2 Å². The minimum Gasteiger partial charge on any atom is -0.480 e. The van der Waals surface area contributed by atoms with Gasteiger partial charge in [0.15, 0.2) is 14.0 Å². The molecule has 2 aliphatic rings. The molecule has 24 heteroatoms. The maximum Gasteiger partial charge on any atom is 0.344 e. The first kappa shape index (κ1) is 65.2. The van der Waals surface area contributed by atoms with Crippen molar-refractivity contribution in [3.05, 3.63) is 68.7 Å². The van der Waals surface area contributed by atoms with E-state index < -0.39 is 49.6 Å². The monoisotopic (exact) mass is 1120 g/mol. The van der Waals surface area contributed by atoms with Crippen LogP contribution in [-0.4, -0.2) is 124 Å². The van der Waals surface area contributed by atoms with E-state index >= 15 is 0 Å². The molecule has 3 atom stereocenters. The van der Waals surface area contributed by atoms with Crippen LogP contribution in [0.3, 0.4) is 0 Å². The van der Waals surface area contributed by atoms with Crippen LogP contribution in [0.1, 0.15) is 111 Å². The molecule has 74 heavy (non-hydrogen) atoms. The Hall–Kier alpha value is -4.95. The minimum absolute atomic E-state index is 0.000883. The van der Waals surface area contributed by atoms with Crippen LogP contribution in [0.2, 0.25) is 10.3 Å². The number of aromatic nitrogens is 3. The zero-order valence-corrected chi connectivity index (χ0v) is 47.2. The molecule has 0 saturated carbocycles. The van der Waals surface area contributed by atoms with E-state index in [-0.39, 0.29) is 57.7 Å². The summed E-state index contributed by atoms with van der Waals surface area (Å²) in [7, 11) is -1.47. The van der Waals surface area contributed by atoms with Crippen molar-refractivity contribution < 1.29 is 57.1 Å². The van der Waals surface area contributed by atoms with E-state index in [1.54, 1.807) is 12.0 Å². The van der Waals surface area contributed by atoms with Gasteiger partial charge in [-0.3, -0.25) is 23.7 Å². The third kappa shape index (κ3) is 21.7. The number of amides is 3. The number of nitrogens with two attached hydrogens (primary N) is 1. The Balaban J connectivity index is 0.000000362. The lowest BCUT2D eigenvalue weighted by Crippen LogP contribution is -2.43. The van der Waals surface area contributed by atoms with Crippen molar-refractivity contribution in [1.82, 2.24) is 15.0 Å². The predicted octanol–water partition coefficient (Wildman–Crippen LogP) is 9.36. The van der Waals surface area contributed by atoms with E-state index in [0.29, 0.717) is 49.1 Å². The van der Waals surface area contributed by atoms with Crippen molar-refractivity contribution >= 4 is 95.1 Å². The molecule has 0 fully saturated rings. The van der Waals surface area contributed by atoms with E-state index in [9.17, 15) is 32.9 Å².